The predicted molar refractivity (Wildman–Crippen MR) is 97.7 cm³/mol. The molecule has 116 valence electrons. The van der Waals surface area contributed by atoms with Gasteiger partial charge in [-0.1, -0.05) is 28.1 Å². The third-order valence-electron chi connectivity index (χ3n) is 4.09. The molecule has 2 aromatic heterocycles. The van der Waals surface area contributed by atoms with Crippen LogP contribution < -0.4 is 11.5 Å². The molecule has 1 saturated carbocycles. The minimum atomic E-state index is -0.500. The van der Waals surface area contributed by atoms with Gasteiger partial charge in [-0.25, -0.2) is 4.98 Å². The molecule has 4 rings (SSSR count). The van der Waals surface area contributed by atoms with E-state index in [0.717, 1.165) is 31.5 Å². The highest BCUT2D eigenvalue weighted by Gasteiger charge is 2.28. The monoisotopic (exact) mass is 387 g/mol. The number of anilines is 1. The van der Waals surface area contributed by atoms with Crippen LogP contribution in [0, 0.1) is 0 Å². The highest BCUT2D eigenvalue weighted by atomic mass is 79.9. The second kappa shape index (κ2) is 5.32. The lowest BCUT2D eigenvalue weighted by Gasteiger charge is -2.08. The van der Waals surface area contributed by atoms with Gasteiger partial charge in [0, 0.05) is 21.5 Å². The molecule has 6 heteroatoms. The average molecular weight is 388 g/mol. The minimum Gasteiger partial charge on any atom is -0.397 e. The van der Waals surface area contributed by atoms with Crippen LogP contribution in [0.3, 0.4) is 0 Å². The summed E-state index contributed by atoms with van der Waals surface area (Å²) in [4.78, 5) is 17.5. The van der Waals surface area contributed by atoms with Gasteiger partial charge in [-0.15, -0.1) is 11.3 Å². The lowest BCUT2D eigenvalue weighted by Crippen LogP contribution is -2.10. The molecule has 1 amide bonds. The van der Waals surface area contributed by atoms with Gasteiger partial charge in [0.15, 0.2) is 0 Å². The van der Waals surface area contributed by atoms with Gasteiger partial charge >= 0.3 is 0 Å². The van der Waals surface area contributed by atoms with E-state index in [1.165, 1.54) is 24.2 Å². The number of carbonyl (C=O) groups is 1. The number of benzene rings is 1. The smallest absolute Gasteiger partial charge is 0.260 e. The van der Waals surface area contributed by atoms with Crippen LogP contribution in [0.5, 0.6) is 0 Å². The van der Waals surface area contributed by atoms with E-state index in [9.17, 15) is 4.79 Å². The zero-order valence-corrected chi connectivity index (χ0v) is 14.6. The van der Waals surface area contributed by atoms with E-state index in [-0.39, 0.29) is 0 Å². The van der Waals surface area contributed by atoms with Crippen LogP contribution in [-0.4, -0.2) is 10.9 Å². The van der Waals surface area contributed by atoms with Crippen molar-refractivity contribution < 1.29 is 4.79 Å². The fourth-order valence-electron chi connectivity index (χ4n) is 2.77. The summed E-state index contributed by atoms with van der Waals surface area (Å²) in [5.41, 5.74) is 15.3. The summed E-state index contributed by atoms with van der Waals surface area (Å²) < 4.78 is 1.02. The third-order valence-corrected chi connectivity index (χ3v) is 5.74. The first-order valence-corrected chi connectivity index (χ1v) is 8.94. The van der Waals surface area contributed by atoms with Crippen LogP contribution in [0.1, 0.15) is 34.1 Å². The SMILES string of the molecule is NC(=O)c1sc2nc(C3CC3)cc(-c3ccc(Br)cc3)c2c1N. The summed E-state index contributed by atoms with van der Waals surface area (Å²) in [6.45, 7) is 0. The molecule has 0 unspecified atom stereocenters. The second-order valence-corrected chi connectivity index (χ2v) is 7.68. The Labute approximate surface area is 145 Å². The maximum Gasteiger partial charge on any atom is 0.260 e. The first-order chi connectivity index (χ1) is 11.0. The lowest BCUT2D eigenvalue weighted by molar-refractivity contribution is 0.100. The molecule has 0 spiro atoms. The van der Waals surface area contributed by atoms with Crippen molar-refractivity contribution in [3.05, 3.63) is 45.4 Å². The van der Waals surface area contributed by atoms with Crippen molar-refractivity contribution in [1.82, 2.24) is 4.98 Å². The molecule has 0 aliphatic heterocycles. The standard InChI is InChI=1S/C17H14BrN3OS/c18-10-5-3-8(4-6-10)11-7-12(9-1-2-9)21-17-13(11)14(19)15(23-17)16(20)22/h3-7,9H,1-2,19H2,(H2,20,22). The number of primary amides is 1. The molecule has 1 aliphatic carbocycles. The molecule has 0 radical (unpaired) electrons. The molecule has 0 atom stereocenters. The first-order valence-electron chi connectivity index (χ1n) is 7.33. The predicted octanol–water partition coefficient (Wildman–Crippen LogP) is 4.28. The number of carbonyl (C=O) groups excluding carboxylic acids is 1. The van der Waals surface area contributed by atoms with Crippen molar-refractivity contribution >= 4 is 49.1 Å². The van der Waals surface area contributed by atoms with Crippen molar-refractivity contribution in [2.24, 2.45) is 5.73 Å². The maximum absolute atomic E-state index is 11.6. The topological polar surface area (TPSA) is 82.0 Å². The summed E-state index contributed by atoms with van der Waals surface area (Å²) in [6.07, 6.45) is 2.34. The highest BCUT2D eigenvalue weighted by Crippen LogP contribution is 2.45. The van der Waals surface area contributed by atoms with E-state index in [2.05, 4.69) is 22.0 Å². The molecule has 4 N–H and O–H groups in total. The largest absolute Gasteiger partial charge is 0.397 e. The number of hydrogen-bond donors (Lipinski definition) is 2. The number of thiophene rings is 1. The number of nitrogens with zero attached hydrogens (tertiary/aromatic N) is 1. The third kappa shape index (κ3) is 2.52. The Hall–Kier alpha value is -1.92. The first kappa shape index (κ1) is 14.7. The van der Waals surface area contributed by atoms with Crippen LogP contribution in [-0.2, 0) is 0 Å². The summed E-state index contributed by atoms with van der Waals surface area (Å²) in [6, 6.07) is 10.2. The van der Waals surface area contributed by atoms with E-state index >= 15 is 0 Å². The van der Waals surface area contributed by atoms with Gasteiger partial charge in [0.05, 0.1) is 5.69 Å². The number of hydrogen-bond acceptors (Lipinski definition) is 4. The maximum atomic E-state index is 11.6. The lowest BCUT2D eigenvalue weighted by atomic mass is 10.0. The number of amides is 1. The Morgan fingerprint density at radius 2 is 1.96 bits per heavy atom. The van der Waals surface area contributed by atoms with Crippen LogP contribution in [0.25, 0.3) is 21.3 Å². The minimum absolute atomic E-state index is 0.388. The Balaban J connectivity index is 2.03. The zero-order valence-electron chi connectivity index (χ0n) is 12.2. The number of pyridine rings is 1. The fraction of sp³-hybridized carbons (Fsp3) is 0.176. The summed E-state index contributed by atoms with van der Waals surface area (Å²) in [5.74, 6) is 0.0224. The van der Waals surface area contributed by atoms with Gasteiger partial charge < -0.3 is 11.5 Å². The second-order valence-electron chi connectivity index (χ2n) is 5.77. The van der Waals surface area contributed by atoms with E-state index in [1.54, 1.807) is 0 Å². The Bertz CT molecular complexity index is 929. The van der Waals surface area contributed by atoms with Gasteiger partial charge in [0.25, 0.3) is 5.91 Å². The number of rotatable bonds is 3. The van der Waals surface area contributed by atoms with E-state index in [4.69, 9.17) is 16.5 Å². The highest BCUT2D eigenvalue weighted by molar-refractivity contribution is 9.10. The van der Waals surface area contributed by atoms with Gasteiger partial charge in [-0.3, -0.25) is 4.79 Å². The van der Waals surface area contributed by atoms with E-state index < -0.39 is 5.91 Å². The number of nitrogens with two attached hydrogens (primary N) is 2. The molecule has 1 aliphatic rings. The number of aromatic nitrogens is 1. The molecule has 3 aromatic rings. The number of halogens is 1. The fourth-order valence-corrected chi connectivity index (χ4v) is 4.01. The zero-order chi connectivity index (χ0) is 16.1. The van der Waals surface area contributed by atoms with Crippen molar-refractivity contribution in [3.63, 3.8) is 0 Å². The average Bonchev–Trinajstić information content (AvgIpc) is 3.32. The van der Waals surface area contributed by atoms with Crippen LogP contribution in [0.15, 0.2) is 34.8 Å². The molecule has 4 nitrogen and oxygen atoms in total. The molecule has 0 bridgehead atoms. The molecule has 1 aromatic carbocycles. The number of nitrogen functional groups attached to an aromatic ring is 1. The quantitative estimate of drug-likeness (QED) is 0.703. The molecule has 1 fully saturated rings. The number of fused-ring (bicyclic) bond motifs is 1. The van der Waals surface area contributed by atoms with Crippen LogP contribution >= 0.6 is 27.3 Å². The molecular formula is C17H14BrN3OS. The van der Waals surface area contributed by atoms with Crippen molar-refractivity contribution in [2.45, 2.75) is 18.8 Å². The van der Waals surface area contributed by atoms with Crippen LogP contribution in [0.2, 0.25) is 0 Å². The Morgan fingerprint density at radius 3 is 2.57 bits per heavy atom. The van der Waals surface area contributed by atoms with Crippen molar-refractivity contribution in [1.29, 1.82) is 0 Å². The summed E-state index contributed by atoms with van der Waals surface area (Å²) >= 11 is 4.74. The van der Waals surface area contributed by atoms with Gasteiger partial charge in [-0.05, 0) is 42.2 Å². The summed E-state index contributed by atoms with van der Waals surface area (Å²) in [7, 11) is 0. The Morgan fingerprint density at radius 1 is 1.26 bits per heavy atom. The van der Waals surface area contributed by atoms with Gasteiger partial charge in [0.1, 0.15) is 9.71 Å². The Kier molecular flexibility index (Phi) is 3.39. The molecule has 23 heavy (non-hydrogen) atoms. The van der Waals surface area contributed by atoms with Crippen molar-refractivity contribution in [2.75, 3.05) is 5.73 Å². The van der Waals surface area contributed by atoms with E-state index in [0.29, 0.717) is 16.5 Å². The van der Waals surface area contributed by atoms with Gasteiger partial charge in [0.2, 0.25) is 0 Å². The normalized spacial score (nSPS) is 14.3. The summed E-state index contributed by atoms with van der Waals surface area (Å²) in [5, 5.41) is 0.829. The molecule has 2 heterocycles. The van der Waals surface area contributed by atoms with E-state index in [1.807, 2.05) is 24.3 Å². The molecule has 0 saturated heterocycles. The van der Waals surface area contributed by atoms with Gasteiger partial charge in [-0.2, -0.15) is 0 Å². The molecular weight excluding hydrogens is 374 g/mol. The van der Waals surface area contributed by atoms with Crippen molar-refractivity contribution in [3.8, 4) is 11.1 Å². The van der Waals surface area contributed by atoms with Crippen LogP contribution in [0.4, 0.5) is 5.69 Å².